The van der Waals surface area contributed by atoms with Gasteiger partial charge in [0.05, 0.1) is 14.2 Å². The molecule has 21 heteroatoms. The Morgan fingerprint density at radius 1 is 0.443 bits per heavy atom. The Hall–Kier alpha value is -7.70. The van der Waals surface area contributed by atoms with Crippen LogP contribution in [0.25, 0.3) is 75.9 Å². The van der Waals surface area contributed by atoms with Crippen molar-refractivity contribution in [2.75, 3.05) is 54.5 Å². The van der Waals surface area contributed by atoms with E-state index in [0.717, 1.165) is 125 Å². The third-order valence-electron chi connectivity index (χ3n) is 15.8. The molecule has 0 saturated heterocycles. The van der Waals surface area contributed by atoms with E-state index in [4.69, 9.17) is 65.9 Å². The predicted octanol–water partition coefficient (Wildman–Crippen LogP) is 15.5. The molecule has 0 bridgehead atoms. The number of carboxylic acid groups (broad SMARTS) is 1. The minimum absolute atomic E-state index is 0. The van der Waals surface area contributed by atoms with Gasteiger partial charge in [-0.05, 0) is 166 Å². The number of aromatic carboxylic acids is 1. The molecular formula is C76H65BCl4LiN3O9S3. The van der Waals surface area contributed by atoms with Gasteiger partial charge in [-0.1, -0.05) is 186 Å². The number of ether oxygens (including phenoxy) is 2. The van der Waals surface area contributed by atoms with Gasteiger partial charge in [0.2, 0.25) is 0 Å². The molecule has 0 fully saturated rings. The number of halogens is 4. The fraction of sp³-hybridized carbons (Fsp3) is 0.132. The quantitative estimate of drug-likeness (QED) is 0.0736. The van der Waals surface area contributed by atoms with Crippen molar-refractivity contribution in [1.82, 2.24) is 14.8 Å². The number of rotatable bonds is 13. The summed E-state index contributed by atoms with van der Waals surface area (Å²) in [5.41, 5.74) is 16.1. The minimum atomic E-state index is -1.41. The predicted molar refractivity (Wildman–Crippen MR) is 397 cm³/mol. The molecule has 488 valence electrons. The van der Waals surface area contributed by atoms with Gasteiger partial charge in [0.25, 0.3) is 0 Å². The molecule has 2 aliphatic rings. The Morgan fingerprint density at radius 3 is 1.18 bits per heavy atom. The second-order valence-corrected chi connectivity index (χ2v) is 27.1. The molecule has 4 N–H and O–H groups in total. The number of aromatic nitrogens is 1. The van der Waals surface area contributed by atoms with Gasteiger partial charge in [-0.3, -0.25) is 4.98 Å². The summed E-state index contributed by atoms with van der Waals surface area (Å²) in [6.07, 6.45) is 5.23. The molecule has 6 heterocycles. The first kappa shape index (κ1) is 75.1. The van der Waals surface area contributed by atoms with Crippen molar-refractivity contribution < 1.29 is 63.3 Å². The molecule has 0 unspecified atom stereocenters. The fourth-order valence-electron chi connectivity index (χ4n) is 11.1. The number of likely N-dealkylation sites (N-methyl/N-ethyl adjacent to an activating group) is 2. The Kier molecular flexibility index (Phi) is 27.6. The van der Waals surface area contributed by atoms with E-state index < -0.39 is 13.1 Å². The number of hydrogen-bond acceptors (Lipinski definition) is 14. The molecule has 0 atom stereocenters. The van der Waals surface area contributed by atoms with E-state index in [0.29, 0.717) is 35.2 Å². The third-order valence-corrected chi connectivity index (χ3v) is 20.4. The number of nitrogens with zero attached hydrogens (tertiary/aromatic N) is 3. The molecule has 97 heavy (non-hydrogen) atoms. The van der Waals surface area contributed by atoms with E-state index in [1.807, 2.05) is 158 Å². The van der Waals surface area contributed by atoms with Crippen LogP contribution in [-0.2, 0) is 9.47 Å². The van der Waals surface area contributed by atoms with Crippen LogP contribution >= 0.6 is 80.4 Å². The number of carboxylic acids is 1. The molecule has 12 nitrogen and oxygen atoms in total. The molecular weight excluding hydrogens is 1350 g/mol. The van der Waals surface area contributed by atoms with Gasteiger partial charge in [0.1, 0.15) is 14.6 Å². The largest absolute Gasteiger partial charge is 1.00 e. The van der Waals surface area contributed by atoms with Gasteiger partial charge in [0.15, 0.2) is 0 Å². The summed E-state index contributed by atoms with van der Waals surface area (Å²) in [4.78, 5) is 50.7. The van der Waals surface area contributed by atoms with Crippen LogP contribution in [0.2, 0.25) is 20.1 Å². The Labute approximate surface area is 608 Å². The fourth-order valence-corrected chi connectivity index (χ4v) is 14.8. The van der Waals surface area contributed by atoms with Crippen molar-refractivity contribution in [1.29, 1.82) is 0 Å². The van der Waals surface area contributed by atoms with Crippen molar-refractivity contribution in [3.63, 3.8) is 0 Å². The number of benzene rings is 7. The number of thiophene rings is 3. The van der Waals surface area contributed by atoms with Gasteiger partial charge in [0, 0.05) is 95.5 Å². The maximum absolute atomic E-state index is 12.6. The van der Waals surface area contributed by atoms with Gasteiger partial charge >= 0.3 is 43.9 Å². The third kappa shape index (κ3) is 19.2. The molecule has 11 aromatic rings. The second-order valence-electron chi connectivity index (χ2n) is 22.2. The van der Waals surface area contributed by atoms with Crippen LogP contribution < -0.4 is 24.3 Å². The van der Waals surface area contributed by atoms with Crippen LogP contribution in [0.5, 0.6) is 0 Å². The van der Waals surface area contributed by atoms with Crippen molar-refractivity contribution in [2.24, 2.45) is 0 Å². The van der Waals surface area contributed by atoms with E-state index in [2.05, 4.69) is 59.2 Å². The number of carbonyl (C=O) groups is 3. The molecule has 4 aromatic heterocycles. The van der Waals surface area contributed by atoms with Crippen molar-refractivity contribution in [3.05, 3.63) is 282 Å². The summed E-state index contributed by atoms with van der Waals surface area (Å²) < 4.78 is 10.2. The van der Waals surface area contributed by atoms with Gasteiger partial charge in [-0.2, -0.15) is 0 Å². The summed E-state index contributed by atoms with van der Waals surface area (Å²) in [6, 6.07) is 67.9. The van der Waals surface area contributed by atoms with Gasteiger partial charge in [-0.25, -0.2) is 14.4 Å². The maximum Gasteiger partial charge on any atom is 1.00 e. The summed E-state index contributed by atoms with van der Waals surface area (Å²) in [7, 11) is 5.65. The molecule has 0 radical (unpaired) electrons. The van der Waals surface area contributed by atoms with Crippen LogP contribution in [0.15, 0.2) is 225 Å². The van der Waals surface area contributed by atoms with Crippen molar-refractivity contribution >= 4 is 133 Å². The first-order valence-corrected chi connectivity index (χ1v) is 34.1. The SMILES string of the molecule is CN1CCC(c2cc(-c3ccccc3)sc2C(=O)O)=C(c2ccc(Cl)cc2)C1.COC(=O)c1sc(-c2ccccc2)cc1-c1ccncc1-c1ccc(Cl)cc1.COC(=O)c1sc(-c2ccccc2)cc1C1=C(c2ccc(Cl)cc2)CN(C)CC1.OB(O)c1ccc(Cl)cc1.[Li+].[OH-]. The maximum atomic E-state index is 12.6. The van der Waals surface area contributed by atoms with Crippen LogP contribution in [0.4, 0.5) is 0 Å². The first-order valence-electron chi connectivity index (χ1n) is 30.1. The van der Waals surface area contributed by atoms with Crippen LogP contribution in [0.3, 0.4) is 0 Å². The van der Waals surface area contributed by atoms with Crippen LogP contribution in [-0.4, -0.2) is 115 Å². The smallest absolute Gasteiger partial charge is 0.870 e. The summed E-state index contributed by atoms with van der Waals surface area (Å²) in [5.74, 6) is -1.50. The molecule has 13 rings (SSSR count). The normalized spacial score (nSPS) is 12.8. The topological polar surface area (TPSA) is 180 Å². The van der Waals surface area contributed by atoms with E-state index >= 15 is 0 Å². The average Bonchev–Trinajstić information content (AvgIpc) is 1.70. The Bertz CT molecular complexity index is 4520. The molecule has 2 aliphatic heterocycles. The standard InChI is InChI=1S/C24H22ClNO2S.C23H16ClNO2S.C23H20ClNO2S.C6H6BClO2.Li.H2O/c1-26-13-12-19(21(15-26)16-8-10-18(25)11-9-16)20-14-22(17-6-4-3-5-7-17)29-23(20)24(27)28-2;1-27-23(26)22-19(13-21(28-22)16-5-3-2-4-6-16)18-11-12-25-14-20(18)15-7-9-17(24)10-8-15;1-25-12-11-18(20(14-25)15-7-9-17(24)10-8-15)19-13-21(28-22(19)23(26)27)16-5-3-2-4-6-16;8-6-3-1-5(2-4-6)7(9)10;;/h3-11,14H,12-13,15H2,1-2H3;2-14H,1H3;2-10,13H,11-12,14H2,1H3,(H,26,27);1-4,9-10H;;1H2/q;;;;+1;/p-1. The van der Waals surface area contributed by atoms with Gasteiger partial charge < -0.3 is 39.9 Å². The summed E-state index contributed by atoms with van der Waals surface area (Å²) in [5, 5.41) is 29.8. The number of methoxy groups -OCH3 is 2. The second kappa shape index (κ2) is 35.7. The zero-order chi connectivity index (χ0) is 67.1. The molecule has 0 aliphatic carbocycles. The monoisotopic (exact) mass is 1420 g/mol. The summed E-state index contributed by atoms with van der Waals surface area (Å²) >= 11 is 28.0. The van der Waals surface area contributed by atoms with Crippen molar-refractivity contribution in [2.45, 2.75) is 12.8 Å². The van der Waals surface area contributed by atoms with Crippen molar-refractivity contribution in [3.8, 4) is 53.6 Å². The molecule has 7 aromatic carbocycles. The Morgan fingerprint density at radius 2 is 0.794 bits per heavy atom. The Balaban J connectivity index is 0.000000171. The minimum Gasteiger partial charge on any atom is -0.870 e. The molecule has 0 saturated carbocycles. The zero-order valence-electron chi connectivity index (χ0n) is 53.6. The first-order chi connectivity index (χ1) is 46.0. The number of esters is 2. The summed E-state index contributed by atoms with van der Waals surface area (Å²) in [6.45, 7) is 3.46. The average molecular weight is 1420 g/mol. The number of hydrogen-bond donors (Lipinski definition) is 3. The zero-order valence-corrected chi connectivity index (χ0v) is 59.1. The van der Waals surface area contributed by atoms with E-state index in [1.165, 1.54) is 64.9 Å². The van der Waals surface area contributed by atoms with E-state index in [9.17, 15) is 19.5 Å². The van der Waals surface area contributed by atoms with Crippen LogP contribution in [0.1, 0.15) is 64.1 Å². The number of carbonyl (C=O) groups excluding carboxylic acids is 2. The van der Waals surface area contributed by atoms with E-state index in [-0.39, 0.29) is 36.3 Å². The van der Waals surface area contributed by atoms with Gasteiger partial charge in [-0.15, -0.1) is 34.0 Å². The molecule has 0 amide bonds. The molecule has 0 spiro atoms. The number of pyridine rings is 1. The van der Waals surface area contributed by atoms with E-state index in [1.54, 1.807) is 36.7 Å². The van der Waals surface area contributed by atoms with Crippen LogP contribution in [0, 0.1) is 0 Å².